The number of benzene rings is 3. The molecule has 5 atom stereocenters. The minimum atomic E-state index is -4.06. The second-order valence-electron chi connectivity index (χ2n) is 11.8. The van der Waals surface area contributed by atoms with Gasteiger partial charge in [-0.25, -0.2) is 21.6 Å². The zero-order valence-electron chi connectivity index (χ0n) is 24.4. The normalized spacial score (nSPS) is 24.4. The zero-order valence-corrected chi connectivity index (χ0v) is 25.9. The minimum Gasteiger partial charge on any atom is -0.467 e. The van der Waals surface area contributed by atoms with Crippen LogP contribution in [0.25, 0.3) is 0 Å². The second kappa shape index (κ2) is 13.2. The molecule has 0 radical (unpaired) electrons. The molecule has 1 aliphatic heterocycles. The average Bonchev–Trinajstić information content (AvgIpc) is 3.56. The van der Waals surface area contributed by atoms with Crippen LogP contribution in [0.1, 0.15) is 35.2 Å². The minimum absolute atomic E-state index is 0.0612. The summed E-state index contributed by atoms with van der Waals surface area (Å²) >= 11 is 6.40. The van der Waals surface area contributed by atoms with Gasteiger partial charge in [-0.2, -0.15) is 5.06 Å². The van der Waals surface area contributed by atoms with Gasteiger partial charge in [-0.3, -0.25) is 14.4 Å². The number of amides is 1. The predicted molar refractivity (Wildman–Crippen MR) is 163 cm³/mol. The molecule has 1 heterocycles. The van der Waals surface area contributed by atoms with Crippen molar-refractivity contribution in [2.24, 2.45) is 17.8 Å². The Morgan fingerprint density at radius 3 is 2.50 bits per heavy atom. The van der Waals surface area contributed by atoms with Gasteiger partial charge in [0.1, 0.15) is 0 Å². The highest BCUT2D eigenvalue weighted by atomic mass is 35.5. The van der Waals surface area contributed by atoms with E-state index in [-0.39, 0.29) is 51.6 Å². The number of ether oxygens (including phenoxy) is 1. The summed E-state index contributed by atoms with van der Waals surface area (Å²) in [4.78, 5) is 29.8. The van der Waals surface area contributed by atoms with Crippen molar-refractivity contribution in [1.82, 2.24) is 5.06 Å². The van der Waals surface area contributed by atoms with Crippen LogP contribution in [0.5, 0.6) is 0 Å². The maximum Gasteiger partial charge on any atom is 0.293 e. The summed E-state index contributed by atoms with van der Waals surface area (Å²) < 4.78 is 74.2. The summed E-state index contributed by atoms with van der Waals surface area (Å²) in [6, 6.07) is 14.6. The van der Waals surface area contributed by atoms with Crippen LogP contribution in [0.3, 0.4) is 0 Å². The van der Waals surface area contributed by atoms with Crippen molar-refractivity contribution in [1.29, 1.82) is 0 Å². The molecule has 3 aromatic rings. The number of carbonyl (C=O) groups is 2. The first-order valence-electron chi connectivity index (χ1n) is 14.8. The van der Waals surface area contributed by atoms with Gasteiger partial charge in [0.05, 0.1) is 34.4 Å². The van der Waals surface area contributed by atoms with Gasteiger partial charge in [0.15, 0.2) is 27.3 Å². The zero-order chi connectivity index (χ0) is 32.6. The summed E-state index contributed by atoms with van der Waals surface area (Å²) in [6.07, 6.45) is 3.80. The van der Waals surface area contributed by atoms with Gasteiger partial charge in [0.25, 0.3) is 12.4 Å². The largest absolute Gasteiger partial charge is 0.467 e. The molecule has 3 aromatic carbocycles. The van der Waals surface area contributed by atoms with Crippen molar-refractivity contribution < 1.29 is 40.8 Å². The molecule has 13 heteroatoms. The van der Waals surface area contributed by atoms with Crippen molar-refractivity contribution in [3.8, 4) is 0 Å². The van der Waals surface area contributed by atoms with E-state index >= 15 is 0 Å². The topological polar surface area (TPSA) is 102 Å². The van der Waals surface area contributed by atoms with Gasteiger partial charge >= 0.3 is 0 Å². The number of hydrogen-bond donors (Lipinski definition) is 1. The first-order chi connectivity index (χ1) is 22.1. The molecule has 2 aliphatic carbocycles. The average molecular weight is 675 g/mol. The van der Waals surface area contributed by atoms with Crippen LogP contribution in [0.2, 0.25) is 5.02 Å². The van der Waals surface area contributed by atoms with Crippen molar-refractivity contribution in [2.75, 3.05) is 18.5 Å². The summed E-state index contributed by atoms with van der Waals surface area (Å²) in [6.45, 7) is 1.42. The third kappa shape index (κ3) is 6.31. The van der Waals surface area contributed by atoms with E-state index in [4.69, 9.17) is 21.2 Å². The Balaban J connectivity index is 1.26. The molecular weight excluding hydrogens is 645 g/mol. The number of nitrogens with zero attached hydrogens (tertiary/aromatic N) is 1. The summed E-state index contributed by atoms with van der Waals surface area (Å²) in [5.41, 5.74) is 1.63. The third-order valence-corrected chi connectivity index (χ3v) is 11.8. The summed E-state index contributed by atoms with van der Waals surface area (Å²) in [5.74, 6) is -6.19. The van der Waals surface area contributed by atoms with Gasteiger partial charge in [-0.15, -0.1) is 0 Å². The Kier molecular flexibility index (Phi) is 9.24. The summed E-state index contributed by atoms with van der Waals surface area (Å²) in [7, 11) is -4.06. The molecule has 4 unspecified atom stereocenters. The number of carbonyl (C=O) groups excluding carboxylic acids is 2. The van der Waals surface area contributed by atoms with Crippen LogP contribution >= 0.6 is 11.6 Å². The van der Waals surface area contributed by atoms with Crippen molar-refractivity contribution in [3.05, 3.63) is 106 Å². The number of fused-ring (bicyclic) bond motifs is 2. The highest BCUT2D eigenvalue weighted by molar-refractivity contribution is 7.92. The van der Waals surface area contributed by atoms with Crippen molar-refractivity contribution in [2.45, 2.75) is 42.0 Å². The van der Waals surface area contributed by atoms with Gasteiger partial charge in [0, 0.05) is 35.8 Å². The Hall–Kier alpha value is -3.71. The lowest BCUT2D eigenvalue weighted by Gasteiger charge is -2.35. The van der Waals surface area contributed by atoms with Crippen LogP contribution in [0.15, 0.2) is 77.2 Å². The molecule has 242 valence electrons. The van der Waals surface area contributed by atoms with Gasteiger partial charge in [0.2, 0.25) is 0 Å². The number of allylic oxidation sites excluding steroid dienone is 1. The molecule has 0 spiro atoms. The van der Waals surface area contributed by atoms with E-state index in [0.717, 1.165) is 17.2 Å². The molecule has 1 saturated heterocycles. The quantitative estimate of drug-likeness (QED) is 0.157. The lowest BCUT2D eigenvalue weighted by atomic mass is 9.82. The van der Waals surface area contributed by atoms with E-state index < -0.39 is 38.4 Å². The van der Waals surface area contributed by atoms with Gasteiger partial charge < -0.3 is 10.1 Å². The number of hydrogen-bond acceptors (Lipinski definition) is 7. The number of nitrogens with one attached hydrogen (secondary N) is 1. The van der Waals surface area contributed by atoms with E-state index in [9.17, 15) is 31.2 Å². The van der Waals surface area contributed by atoms with Gasteiger partial charge in [-0.05, 0) is 54.9 Å². The molecule has 6 rings (SSSR count). The van der Waals surface area contributed by atoms with Crippen LogP contribution in [-0.2, 0) is 30.8 Å². The molecular formula is C33H30ClF3N2O6S. The first-order valence-corrected chi connectivity index (χ1v) is 16.7. The maximum atomic E-state index is 14.2. The number of rotatable bonds is 10. The standard InChI is InChI=1S/C33H30ClF3N2O6S/c34-26-9-8-22(33(41)38-25-13-27(35)30(37)28(36)14-25)12-29(26)46(42,43)32-20-6-7-21(32)11-23(10-20)31-24(16-44-18-40)17-45-39(31)15-19-4-2-1-3-5-19/h1-5,8-10,12-14,18,20-21,24,31-32H,6-7,11,15-17H2,(H,38,41)/t20-,21?,24?,31?,32?/m0/s1. The fourth-order valence-electron chi connectivity index (χ4n) is 6.97. The lowest BCUT2D eigenvalue weighted by Crippen LogP contribution is -2.40. The monoisotopic (exact) mass is 674 g/mol. The molecule has 1 saturated carbocycles. The molecule has 1 amide bonds. The number of halogens is 4. The van der Waals surface area contributed by atoms with Gasteiger partial charge in [-0.1, -0.05) is 53.6 Å². The molecule has 46 heavy (non-hydrogen) atoms. The molecule has 3 aliphatic rings. The number of hydroxylamine groups is 2. The molecule has 2 bridgehead atoms. The van der Waals surface area contributed by atoms with E-state index in [1.807, 2.05) is 41.5 Å². The Bertz CT molecular complexity index is 1770. The van der Waals surface area contributed by atoms with E-state index in [1.165, 1.54) is 12.1 Å². The van der Waals surface area contributed by atoms with Crippen molar-refractivity contribution >= 4 is 39.5 Å². The maximum absolute atomic E-state index is 14.2. The fraction of sp³-hybridized carbons (Fsp3) is 0.333. The Labute approximate surface area is 269 Å². The third-order valence-electron chi connectivity index (χ3n) is 8.93. The SMILES string of the molecule is O=COCC1CON(Cc2ccccc2)C1C1=C[C@@H]2CCC(C1)C2S(=O)(=O)c1cc(C(=O)Nc2cc(F)c(F)c(F)c2)ccc1Cl. The van der Waals surface area contributed by atoms with E-state index in [1.54, 1.807) is 0 Å². The fourth-order valence-corrected chi connectivity index (χ4v) is 9.74. The molecule has 0 aromatic heterocycles. The van der Waals surface area contributed by atoms with Crippen LogP contribution in [0.4, 0.5) is 18.9 Å². The van der Waals surface area contributed by atoms with Crippen LogP contribution in [-0.4, -0.2) is 50.4 Å². The Morgan fingerprint density at radius 2 is 1.80 bits per heavy atom. The predicted octanol–water partition coefficient (Wildman–Crippen LogP) is 6.11. The van der Waals surface area contributed by atoms with E-state index in [0.29, 0.717) is 51.0 Å². The van der Waals surface area contributed by atoms with E-state index in [2.05, 4.69) is 5.32 Å². The second-order valence-corrected chi connectivity index (χ2v) is 14.3. The number of sulfone groups is 1. The molecule has 2 fully saturated rings. The van der Waals surface area contributed by atoms with Crippen molar-refractivity contribution in [3.63, 3.8) is 0 Å². The smallest absolute Gasteiger partial charge is 0.293 e. The Morgan fingerprint density at radius 1 is 1.07 bits per heavy atom. The molecule has 8 nitrogen and oxygen atoms in total. The molecule has 1 N–H and O–H groups in total. The lowest BCUT2D eigenvalue weighted by molar-refractivity contribution is -0.133. The number of anilines is 1. The van der Waals surface area contributed by atoms with Crippen LogP contribution < -0.4 is 5.32 Å². The summed E-state index contributed by atoms with van der Waals surface area (Å²) in [5, 5.41) is 3.30. The highest BCUT2D eigenvalue weighted by Crippen LogP contribution is 2.49. The first kappa shape index (κ1) is 32.2. The highest BCUT2D eigenvalue weighted by Gasteiger charge is 2.50. The van der Waals surface area contributed by atoms with Crippen LogP contribution in [0, 0.1) is 35.2 Å².